The lowest BCUT2D eigenvalue weighted by Crippen LogP contribution is -2.47. The maximum atomic E-state index is 13.8. The predicted molar refractivity (Wildman–Crippen MR) is 102 cm³/mol. The van der Waals surface area contributed by atoms with Gasteiger partial charge in [-0.05, 0) is 37.4 Å². The van der Waals surface area contributed by atoms with Gasteiger partial charge in [-0.3, -0.25) is 4.79 Å². The van der Waals surface area contributed by atoms with Gasteiger partial charge in [0.05, 0.1) is 21.2 Å². The summed E-state index contributed by atoms with van der Waals surface area (Å²) in [6, 6.07) is 9.66. The number of nitrogens with zero attached hydrogens (tertiary/aromatic N) is 2. The molecule has 1 N–H and O–H groups in total. The number of benzene rings is 2. The maximum Gasteiger partial charge on any atom is 0.257 e. The number of piperazine rings is 1. The van der Waals surface area contributed by atoms with Gasteiger partial charge in [0.1, 0.15) is 5.82 Å². The second-order valence-corrected chi connectivity index (χ2v) is 8.63. The lowest BCUT2D eigenvalue weighted by Gasteiger charge is -2.31. The molecular weight excluding hydrogens is 393 g/mol. The minimum Gasteiger partial charge on any atom is -0.319 e. The summed E-state index contributed by atoms with van der Waals surface area (Å²) >= 11 is 6.08. The SMILES string of the molecule is CN1CCN(S(=O)(=O)c2ccc(Cl)c(C(=O)Nc3ccccc3F)c2)CC1. The van der Waals surface area contributed by atoms with Crippen LogP contribution in [0.3, 0.4) is 0 Å². The van der Waals surface area contributed by atoms with Crippen molar-refractivity contribution in [2.75, 3.05) is 38.5 Å². The average Bonchev–Trinajstić information content (AvgIpc) is 2.64. The fraction of sp³-hybridized carbons (Fsp3) is 0.278. The van der Waals surface area contributed by atoms with Crippen molar-refractivity contribution in [1.82, 2.24) is 9.21 Å². The summed E-state index contributed by atoms with van der Waals surface area (Å²) in [6.45, 7) is 2.01. The molecule has 1 aliphatic heterocycles. The molecule has 0 saturated carbocycles. The highest BCUT2D eigenvalue weighted by Crippen LogP contribution is 2.25. The molecular formula is C18H19ClFN3O3S. The van der Waals surface area contributed by atoms with E-state index in [4.69, 9.17) is 11.6 Å². The molecule has 0 atom stereocenters. The van der Waals surface area contributed by atoms with E-state index in [1.54, 1.807) is 6.07 Å². The Labute approximate surface area is 162 Å². The van der Waals surface area contributed by atoms with Gasteiger partial charge in [0.15, 0.2) is 0 Å². The van der Waals surface area contributed by atoms with Crippen molar-refractivity contribution in [2.45, 2.75) is 4.90 Å². The molecule has 2 aromatic carbocycles. The van der Waals surface area contributed by atoms with Crippen molar-refractivity contribution < 1.29 is 17.6 Å². The van der Waals surface area contributed by atoms with E-state index in [0.29, 0.717) is 26.2 Å². The molecule has 1 heterocycles. The van der Waals surface area contributed by atoms with Crippen LogP contribution >= 0.6 is 11.6 Å². The highest BCUT2D eigenvalue weighted by molar-refractivity contribution is 7.89. The maximum absolute atomic E-state index is 13.8. The van der Waals surface area contributed by atoms with Gasteiger partial charge < -0.3 is 10.2 Å². The second-order valence-electron chi connectivity index (χ2n) is 6.28. The zero-order chi connectivity index (χ0) is 19.6. The highest BCUT2D eigenvalue weighted by Gasteiger charge is 2.28. The standard InChI is InChI=1S/C18H19ClFN3O3S/c1-22-8-10-23(11-9-22)27(25,26)13-6-7-15(19)14(12-13)18(24)21-17-5-3-2-4-16(17)20/h2-7,12H,8-11H2,1H3,(H,21,24). The van der Waals surface area contributed by atoms with Crippen molar-refractivity contribution in [3.8, 4) is 0 Å². The van der Waals surface area contributed by atoms with E-state index in [2.05, 4.69) is 5.32 Å². The summed E-state index contributed by atoms with van der Waals surface area (Å²) in [7, 11) is -1.82. The van der Waals surface area contributed by atoms with Gasteiger partial charge in [0, 0.05) is 26.2 Å². The normalized spacial score (nSPS) is 16.3. The largest absolute Gasteiger partial charge is 0.319 e. The molecule has 0 unspecified atom stereocenters. The molecule has 0 aromatic heterocycles. The van der Waals surface area contributed by atoms with E-state index in [-0.39, 0.29) is 21.2 Å². The van der Waals surface area contributed by atoms with Crippen LogP contribution in [0.1, 0.15) is 10.4 Å². The Kier molecular flexibility index (Phi) is 5.81. The lowest BCUT2D eigenvalue weighted by atomic mass is 10.2. The first-order valence-electron chi connectivity index (χ1n) is 8.33. The number of hydrogen-bond donors (Lipinski definition) is 1. The first kappa shape index (κ1) is 19.8. The molecule has 1 fully saturated rings. The summed E-state index contributed by atoms with van der Waals surface area (Å²) in [5.41, 5.74) is -0.0407. The summed E-state index contributed by atoms with van der Waals surface area (Å²) in [5.74, 6) is -1.27. The molecule has 0 bridgehead atoms. The van der Waals surface area contributed by atoms with Crippen molar-refractivity contribution in [1.29, 1.82) is 0 Å². The molecule has 144 valence electrons. The molecule has 0 spiro atoms. The van der Waals surface area contributed by atoms with Crippen LogP contribution in [-0.2, 0) is 10.0 Å². The van der Waals surface area contributed by atoms with E-state index in [0.717, 1.165) is 0 Å². The molecule has 1 aliphatic rings. The molecule has 2 aromatic rings. The topological polar surface area (TPSA) is 69.7 Å². The van der Waals surface area contributed by atoms with E-state index >= 15 is 0 Å². The number of hydrogen-bond acceptors (Lipinski definition) is 4. The number of carbonyl (C=O) groups excluding carboxylic acids is 1. The predicted octanol–water partition coefficient (Wildman–Crippen LogP) is 2.67. The Morgan fingerprint density at radius 1 is 1.11 bits per heavy atom. The average molecular weight is 412 g/mol. The molecule has 6 nitrogen and oxygen atoms in total. The van der Waals surface area contributed by atoms with Gasteiger partial charge in [0.2, 0.25) is 10.0 Å². The summed E-state index contributed by atoms with van der Waals surface area (Å²) in [6.07, 6.45) is 0. The zero-order valence-electron chi connectivity index (χ0n) is 14.7. The first-order valence-corrected chi connectivity index (χ1v) is 10.1. The van der Waals surface area contributed by atoms with Gasteiger partial charge in [-0.15, -0.1) is 0 Å². The van der Waals surface area contributed by atoms with Gasteiger partial charge >= 0.3 is 0 Å². The summed E-state index contributed by atoms with van der Waals surface area (Å²) in [5, 5.41) is 2.50. The number of para-hydroxylation sites is 1. The smallest absolute Gasteiger partial charge is 0.257 e. The minimum atomic E-state index is -3.75. The van der Waals surface area contributed by atoms with E-state index in [9.17, 15) is 17.6 Å². The minimum absolute atomic E-state index is 0.00843. The third-order valence-electron chi connectivity index (χ3n) is 4.40. The van der Waals surface area contributed by atoms with Crippen LogP contribution < -0.4 is 5.32 Å². The van der Waals surface area contributed by atoms with E-state index in [1.165, 1.54) is 40.7 Å². The number of likely N-dealkylation sites (N-methyl/N-ethyl adjacent to an activating group) is 1. The summed E-state index contributed by atoms with van der Waals surface area (Å²) in [4.78, 5) is 14.5. The molecule has 27 heavy (non-hydrogen) atoms. The molecule has 1 saturated heterocycles. The summed E-state index contributed by atoms with van der Waals surface area (Å²) < 4.78 is 40.9. The number of sulfonamides is 1. The van der Waals surface area contributed by atoms with Crippen LogP contribution in [0.25, 0.3) is 0 Å². The van der Waals surface area contributed by atoms with Gasteiger partial charge in [-0.1, -0.05) is 23.7 Å². The number of rotatable bonds is 4. The third kappa shape index (κ3) is 4.30. The van der Waals surface area contributed by atoms with Crippen LogP contribution in [0.15, 0.2) is 47.4 Å². The monoisotopic (exact) mass is 411 g/mol. The zero-order valence-corrected chi connectivity index (χ0v) is 16.2. The highest BCUT2D eigenvalue weighted by atomic mass is 35.5. The Balaban J connectivity index is 1.88. The van der Waals surface area contributed by atoms with Gasteiger partial charge in [-0.25, -0.2) is 12.8 Å². The quantitative estimate of drug-likeness (QED) is 0.839. The lowest BCUT2D eigenvalue weighted by molar-refractivity contribution is 0.102. The van der Waals surface area contributed by atoms with Crippen LogP contribution in [0, 0.1) is 5.82 Å². The van der Waals surface area contributed by atoms with Gasteiger partial charge in [-0.2, -0.15) is 4.31 Å². The number of anilines is 1. The van der Waals surface area contributed by atoms with Crippen molar-refractivity contribution >= 4 is 33.2 Å². The van der Waals surface area contributed by atoms with Crippen LogP contribution in [0.4, 0.5) is 10.1 Å². The molecule has 1 amide bonds. The third-order valence-corrected chi connectivity index (χ3v) is 6.63. The van der Waals surface area contributed by atoms with E-state index in [1.807, 2.05) is 11.9 Å². The second kappa shape index (κ2) is 7.93. The fourth-order valence-corrected chi connectivity index (χ4v) is 4.42. The fourth-order valence-electron chi connectivity index (χ4n) is 2.77. The molecule has 3 rings (SSSR count). The van der Waals surface area contributed by atoms with Gasteiger partial charge in [0.25, 0.3) is 5.91 Å². The Hall–Kier alpha value is -2.00. The first-order chi connectivity index (χ1) is 12.8. The van der Waals surface area contributed by atoms with Crippen molar-refractivity contribution in [3.63, 3.8) is 0 Å². The molecule has 9 heteroatoms. The molecule has 0 aliphatic carbocycles. The van der Waals surface area contributed by atoms with Crippen LogP contribution in [0.2, 0.25) is 5.02 Å². The number of nitrogens with one attached hydrogen (secondary N) is 1. The van der Waals surface area contributed by atoms with Crippen molar-refractivity contribution in [2.24, 2.45) is 0 Å². The number of halogens is 2. The number of carbonyl (C=O) groups is 1. The Morgan fingerprint density at radius 3 is 2.44 bits per heavy atom. The van der Waals surface area contributed by atoms with Crippen molar-refractivity contribution in [3.05, 3.63) is 58.9 Å². The van der Waals surface area contributed by atoms with E-state index < -0.39 is 21.7 Å². The molecule has 0 radical (unpaired) electrons. The van der Waals surface area contributed by atoms with Crippen LogP contribution in [0.5, 0.6) is 0 Å². The Morgan fingerprint density at radius 2 is 1.78 bits per heavy atom. The Bertz CT molecular complexity index is 960. The number of amides is 1. The van der Waals surface area contributed by atoms with Crippen LogP contribution in [-0.4, -0.2) is 56.8 Å².